The van der Waals surface area contributed by atoms with Crippen LogP contribution in [0.5, 0.6) is 16.7 Å². The zero-order valence-electron chi connectivity index (χ0n) is 18.1. The number of hydrogen-bond acceptors (Lipinski definition) is 6. The lowest BCUT2D eigenvalue weighted by molar-refractivity contribution is -0.126. The normalized spacial score (nSPS) is 14.7. The molecule has 168 valence electrons. The van der Waals surface area contributed by atoms with Crippen LogP contribution in [-0.4, -0.2) is 36.8 Å². The van der Waals surface area contributed by atoms with E-state index in [1.54, 1.807) is 18.3 Å². The largest absolute Gasteiger partial charge is 0.493 e. The quantitative estimate of drug-likeness (QED) is 0.444. The fraction of sp³-hybridized carbons (Fsp3) is 0.478. The van der Waals surface area contributed by atoms with Crippen LogP contribution in [0.1, 0.15) is 38.5 Å². The number of hydrogen-bond donors (Lipinski definition) is 1. The number of aromatic nitrogens is 1. The van der Waals surface area contributed by atoms with Crippen LogP contribution >= 0.6 is 22.9 Å². The monoisotopic (exact) mass is 464 g/mol. The Bertz CT molecular complexity index is 895. The van der Waals surface area contributed by atoms with Crippen molar-refractivity contribution in [1.29, 1.82) is 0 Å². The number of rotatable bonds is 12. The molecule has 1 heterocycles. The van der Waals surface area contributed by atoms with Crippen molar-refractivity contribution in [2.45, 2.75) is 39.7 Å². The van der Waals surface area contributed by atoms with Crippen LogP contribution in [0.25, 0.3) is 6.08 Å². The van der Waals surface area contributed by atoms with Gasteiger partial charge < -0.3 is 19.5 Å². The molecule has 3 rings (SSSR count). The molecular weight excluding hydrogens is 436 g/mol. The highest BCUT2D eigenvalue weighted by molar-refractivity contribution is 7.14. The lowest BCUT2D eigenvalue weighted by Crippen LogP contribution is -2.34. The maximum absolute atomic E-state index is 11.9. The van der Waals surface area contributed by atoms with Gasteiger partial charge in [0.05, 0.1) is 16.5 Å². The number of thiazole rings is 1. The van der Waals surface area contributed by atoms with E-state index in [0.717, 1.165) is 17.2 Å². The number of nitrogens with zero attached hydrogens (tertiary/aromatic N) is 1. The fourth-order valence-corrected chi connectivity index (χ4v) is 3.51. The number of nitrogens with one attached hydrogen (secondary N) is 1. The van der Waals surface area contributed by atoms with Crippen molar-refractivity contribution in [2.75, 3.05) is 19.8 Å². The van der Waals surface area contributed by atoms with E-state index in [-0.39, 0.29) is 18.6 Å². The Hall–Kier alpha value is -2.09. The van der Waals surface area contributed by atoms with Gasteiger partial charge in [-0.1, -0.05) is 42.9 Å². The summed E-state index contributed by atoms with van der Waals surface area (Å²) in [6.45, 7) is 7.37. The smallest absolute Gasteiger partial charge is 0.279 e. The molecule has 0 bridgehead atoms. The summed E-state index contributed by atoms with van der Waals surface area (Å²) in [4.78, 5) is 17.1. The molecule has 1 saturated carbocycles. The Labute approximate surface area is 192 Å². The summed E-state index contributed by atoms with van der Waals surface area (Å²) in [6.07, 6.45) is 8.01. The van der Waals surface area contributed by atoms with E-state index >= 15 is 0 Å². The molecule has 0 unspecified atom stereocenters. The molecule has 0 saturated heterocycles. The summed E-state index contributed by atoms with van der Waals surface area (Å²) in [5, 5.41) is 3.85. The summed E-state index contributed by atoms with van der Waals surface area (Å²) in [5.74, 6) is 2.24. The summed E-state index contributed by atoms with van der Waals surface area (Å²) < 4.78 is 16.9. The second kappa shape index (κ2) is 11.5. The molecule has 1 N–H and O–H groups in total. The van der Waals surface area contributed by atoms with E-state index < -0.39 is 0 Å². The molecule has 31 heavy (non-hydrogen) atoms. The third-order valence-electron chi connectivity index (χ3n) is 4.41. The third kappa shape index (κ3) is 8.51. The predicted molar refractivity (Wildman–Crippen MR) is 124 cm³/mol. The van der Waals surface area contributed by atoms with E-state index in [1.807, 2.05) is 39.0 Å². The summed E-state index contributed by atoms with van der Waals surface area (Å²) >= 11 is 7.72. The molecule has 1 aromatic carbocycles. The first kappa shape index (κ1) is 23.6. The van der Waals surface area contributed by atoms with Crippen molar-refractivity contribution in [1.82, 2.24) is 10.3 Å². The van der Waals surface area contributed by atoms with Crippen molar-refractivity contribution >= 4 is 34.9 Å². The Kier molecular flexibility index (Phi) is 8.75. The van der Waals surface area contributed by atoms with Crippen molar-refractivity contribution in [3.63, 3.8) is 0 Å². The summed E-state index contributed by atoms with van der Waals surface area (Å²) in [5.41, 5.74) is 0. The molecule has 8 heteroatoms. The summed E-state index contributed by atoms with van der Waals surface area (Å²) in [6, 6.07) is 5.29. The SMILES string of the molecule is CC(C)COCC(=O)N[C@@H](C)C=Cc1cnc(Oc2ccc(OCC3CC3)cc2Cl)s1. The molecule has 1 aliphatic rings. The molecule has 1 aliphatic carbocycles. The number of benzene rings is 1. The number of carbonyl (C=O) groups excluding carboxylic acids is 1. The van der Waals surface area contributed by atoms with Crippen LogP contribution in [0.2, 0.25) is 5.02 Å². The average Bonchev–Trinajstić information content (AvgIpc) is 3.44. The van der Waals surface area contributed by atoms with Crippen molar-refractivity contribution in [2.24, 2.45) is 11.8 Å². The second-order valence-corrected chi connectivity index (χ2v) is 9.53. The number of ether oxygens (including phenoxy) is 3. The first-order valence-electron chi connectivity index (χ1n) is 10.5. The van der Waals surface area contributed by atoms with Crippen LogP contribution < -0.4 is 14.8 Å². The van der Waals surface area contributed by atoms with Crippen LogP contribution in [0.3, 0.4) is 0 Å². The van der Waals surface area contributed by atoms with Crippen LogP contribution in [0, 0.1) is 11.8 Å². The lowest BCUT2D eigenvalue weighted by atomic mass is 10.2. The van der Waals surface area contributed by atoms with Crippen LogP contribution in [-0.2, 0) is 9.53 Å². The van der Waals surface area contributed by atoms with Gasteiger partial charge in [-0.05, 0) is 49.8 Å². The van der Waals surface area contributed by atoms with Gasteiger partial charge in [0.2, 0.25) is 5.91 Å². The Morgan fingerprint density at radius 1 is 1.35 bits per heavy atom. The maximum atomic E-state index is 11.9. The highest BCUT2D eigenvalue weighted by atomic mass is 35.5. The minimum Gasteiger partial charge on any atom is -0.493 e. The van der Waals surface area contributed by atoms with Gasteiger partial charge in [-0.2, -0.15) is 0 Å². The zero-order chi connectivity index (χ0) is 22.2. The van der Waals surface area contributed by atoms with Gasteiger partial charge in [0.1, 0.15) is 18.1 Å². The van der Waals surface area contributed by atoms with Gasteiger partial charge in [0, 0.05) is 24.9 Å². The van der Waals surface area contributed by atoms with E-state index in [9.17, 15) is 4.79 Å². The summed E-state index contributed by atoms with van der Waals surface area (Å²) in [7, 11) is 0. The zero-order valence-corrected chi connectivity index (χ0v) is 19.7. The number of amides is 1. The molecule has 1 amide bonds. The van der Waals surface area contributed by atoms with Gasteiger partial charge in [-0.25, -0.2) is 4.98 Å². The van der Waals surface area contributed by atoms with E-state index in [4.69, 9.17) is 25.8 Å². The predicted octanol–water partition coefficient (Wildman–Crippen LogP) is 5.57. The van der Waals surface area contributed by atoms with E-state index in [2.05, 4.69) is 10.3 Å². The molecule has 1 atom stereocenters. The average molecular weight is 465 g/mol. The maximum Gasteiger partial charge on any atom is 0.279 e. The van der Waals surface area contributed by atoms with E-state index in [1.165, 1.54) is 24.2 Å². The van der Waals surface area contributed by atoms with Crippen LogP contribution in [0.15, 0.2) is 30.5 Å². The van der Waals surface area contributed by atoms with Crippen LogP contribution in [0.4, 0.5) is 0 Å². The van der Waals surface area contributed by atoms with Crippen molar-refractivity contribution < 1.29 is 19.0 Å². The van der Waals surface area contributed by atoms with Gasteiger partial charge >= 0.3 is 0 Å². The fourth-order valence-electron chi connectivity index (χ4n) is 2.61. The Morgan fingerprint density at radius 2 is 2.16 bits per heavy atom. The standard InChI is InChI=1S/C23H29ClN2O4S/c1-15(2)12-28-14-22(27)26-16(3)4-8-19-11-25-23(31-19)30-21-9-7-18(10-20(21)24)29-13-17-5-6-17/h4,7-11,15-17H,5-6,12-14H2,1-3H3,(H,26,27)/t16-/m0/s1. The lowest BCUT2D eigenvalue weighted by Gasteiger charge is -2.10. The Morgan fingerprint density at radius 3 is 2.87 bits per heavy atom. The first-order valence-corrected chi connectivity index (χ1v) is 11.7. The highest BCUT2D eigenvalue weighted by Crippen LogP contribution is 2.35. The molecule has 6 nitrogen and oxygen atoms in total. The van der Waals surface area contributed by atoms with Gasteiger partial charge in [0.15, 0.2) is 0 Å². The third-order valence-corrected chi connectivity index (χ3v) is 5.54. The minimum atomic E-state index is -0.134. The Balaban J connectivity index is 1.46. The molecule has 1 fully saturated rings. The molecule has 0 radical (unpaired) electrons. The highest BCUT2D eigenvalue weighted by Gasteiger charge is 2.22. The molecular formula is C23H29ClN2O4S. The molecule has 0 spiro atoms. The van der Waals surface area contributed by atoms with Crippen molar-refractivity contribution in [3.05, 3.63) is 40.4 Å². The minimum absolute atomic E-state index is 0.0695. The van der Waals surface area contributed by atoms with E-state index in [0.29, 0.717) is 34.4 Å². The van der Waals surface area contributed by atoms with Crippen molar-refractivity contribution in [3.8, 4) is 16.7 Å². The van der Waals surface area contributed by atoms with Gasteiger partial charge in [-0.15, -0.1) is 0 Å². The number of carbonyl (C=O) groups is 1. The van der Waals surface area contributed by atoms with Gasteiger partial charge in [0.25, 0.3) is 5.19 Å². The second-order valence-electron chi connectivity index (χ2n) is 8.10. The topological polar surface area (TPSA) is 69.7 Å². The first-order chi connectivity index (χ1) is 14.9. The molecule has 1 aromatic heterocycles. The number of halogens is 1. The molecule has 2 aromatic rings. The van der Waals surface area contributed by atoms with Gasteiger partial charge in [-0.3, -0.25) is 4.79 Å². The molecule has 0 aliphatic heterocycles.